The van der Waals surface area contributed by atoms with Gasteiger partial charge in [-0.2, -0.15) is 5.26 Å². The number of carbonyl (C=O) groups excluding carboxylic acids is 1. The summed E-state index contributed by atoms with van der Waals surface area (Å²) >= 11 is 6.22. The number of nitrogens with zero attached hydrogens (tertiary/aromatic N) is 5. The number of hydrogen-bond acceptors (Lipinski definition) is 9. The van der Waals surface area contributed by atoms with Crippen molar-refractivity contribution >= 4 is 44.7 Å². The number of ether oxygens (including phenoxy) is 2. The van der Waals surface area contributed by atoms with Crippen LogP contribution in [-0.2, 0) is 9.47 Å². The van der Waals surface area contributed by atoms with Crippen molar-refractivity contribution < 1.29 is 14.3 Å². The molecule has 1 saturated heterocycles. The molecule has 0 spiro atoms. The van der Waals surface area contributed by atoms with Crippen LogP contribution in [0.4, 0.5) is 4.79 Å². The maximum atomic E-state index is 13.1. The Hall–Kier alpha value is -2.39. The predicted octanol–water partition coefficient (Wildman–Crippen LogP) is 6.40. The highest BCUT2D eigenvalue weighted by Gasteiger charge is 2.51. The Morgan fingerprint density at radius 3 is 2.56 bits per heavy atom. The van der Waals surface area contributed by atoms with Gasteiger partial charge in [0.2, 0.25) is 0 Å². The molecule has 0 aromatic carbocycles. The number of pyridine rings is 1. The first-order valence-electron chi connectivity index (χ1n) is 10.6. The van der Waals surface area contributed by atoms with E-state index in [4.69, 9.17) is 19.4 Å². The molecule has 4 heterocycles. The summed E-state index contributed by atoms with van der Waals surface area (Å²) in [5.74, 6) is 0. The molecule has 0 N–H and O–H groups in total. The van der Waals surface area contributed by atoms with E-state index in [-0.39, 0.29) is 6.10 Å². The van der Waals surface area contributed by atoms with E-state index in [1.54, 1.807) is 17.0 Å². The summed E-state index contributed by atoms with van der Waals surface area (Å²) in [7, 11) is 0. The predicted molar refractivity (Wildman–Crippen MR) is 134 cm³/mol. The highest BCUT2D eigenvalue weighted by molar-refractivity contribution is 9.10. The minimum absolute atomic E-state index is 0.302. The number of thiazole rings is 2. The zero-order chi connectivity index (χ0) is 24.8. The maximum Gasteiger partial charge on any atom is 0.413 e. The van der Waals surface area contributed by atoms with E-state index in [1.165, 1.54) is 22.7 Å². The average Bonchev–Trinajstić information content (AvgIpc) is 3.43. The summed E-state index contributed by atoms with van der Waals surface area (Å²) in [4.78, 5) is 28.7. The third-order valence-corrected chi connectivity index (χ3v) is 7.59. The highest BCUT2D eigenvalue weighted by Crippen LogP contribution is 2.44. The minimum atomic E-state index is -0.869. The van der Waals surface area contributed by atoms with Gasteiger partial charge in [0.25, 0.3) is 0 Å². The van der Waals surface area contributed by atoms with Crippen LogP contribution in [0.3, 0.4) is 0 Å². The van der Waals surface area contributed by atoms with E-state index in [9.17, 15) is 10.1 Å². The van der Waals surface area contributed by atoms with Crippen LogP contribution in [0.5, 0.6) is 0 Å². The van der Waals surface area contributed by atoms with E-state index >= 15 is 0 Å². The van der Waals surface area contributed by atoms with E-state index < -0.39 is 23.5 Å². The molecule has 4 rings (SSSR count). The van der Waals surface area contributed by atoms with Crippen molar-refractivity contribution in [2.45, 2.75) is 65.0 Å². The Morgan fingerprint density at radius 2 is 1.94 bits per heavy atom. The third kappa shape index (κ3) is 4.86. The van der Waals surface area contributed by atoms with Crippen LogP contribution in [0.25, 0.3) is 22.1 Å². The summed E-state index contributed by atoms with van der Waals surface area (Å²) < 4.78 is 12.5. The SMILES string of the molecule is C[C@H]1OC(C)(C)N(C(=O)OC(C)(C)C)[C@@H]1c1nc(-c2nc(-c3nc(Br)cs3)ccc2C#N)cs1. The van der Waals surface area contributed by atoms with E-state index in [0.29, 0.717) is 27.7 Å². The van der Waals surface area contributed by atoms with Gasteiger partial charge < -0.3 is 9.47 Å². The molecule has 34 heavy (non-hydrogen) atoms. The van der Waals surface area contributed by atoms with E-state index in [1.807, 2.05) is 52.3 Å². The van der Waals surface area contributed by atoms with Gasteiger partial charge in [-0.25, -0.2) is 19.7 Å². The van der Waals surface area contributed by atoms with Crippen LogP contribution in [0.2, 0.25) is 0 Å². The minimum Gasteiger partial charge on any atom is -0.444 e. The van der Waals surface area contributed by atoms with Crippen LogP contribution in [-0.4, -0.2) is 43.4 Å². The fourth-order valence-electron chi connectivity index (χ4n) is 3.84. The second-order valence-corrected chi connectivity index (χ2v) is 11.9. The van der Waals surface area contributed by atoms with Crippen LogP contribution >= 0.6 is 38.6 Å². The first kappa shape index (κ1) is 24.7. The van der Waals surface area contributed by atoms with Gasteiger partial charge >= 0.3 is 6.09 Å². The van der Waals surface area contributed by atoms with Gasteiger partial charge in [0.1, 0.15) is 49.4 Å². The number of carbonyl (C=O) groups is 1. The van der Waals surface area contributed by atoms with Crippen LogP contribution in [0.1, 0.15) is 58.2 Å². The lowest BCUT2D eigenvalue weighted by Gasteiger charge is -2.34. The number of halogens is 1. The van der Waals surface area contributed by atoms with Crippen molar-refractivity contribution in [3.8, 4) is 28.2 Å². The third-order valence-electron chi connectivity index (χ3n) is 5.10. The Kier molecular flexibility index (Phi) is 6.54. The molecule has 8 nitrogen and oxygen atoms in total. The Morgan fingerprint density at radius 1 is 1.21 bits per heavy atom. The Balaban J connectivity index is 1.72. The van der Waals surface area contributed by atoms with Crippen molar-refractivity contribution in [1.29, 1.82) is 5.26 Å². The first-order valence-corrected chi connectivity index (χ1v) is 13.1. The molecule has 0 bridgehead atoms. The first-order chi connectivity index (χ1) is 15.9. The second kappa shape index (κ2) is 9.00. The molecule has 0 unspecified atom stereocenters. The molecular weight excluding hydrogens is 538 g/mol. The lowest BCUT2D eigenvalue weighted by atomic mass is 10.1. The molecule has 0 radical (unpaired) electrons. The van der Waals surface area contributed by atoms with Crippen molar-refractivity contribution in [3.05, 3.63) is 38.1 Å². The molecule has 1 amide bonds. The largest absolute Gasteiger partial charge is 0.444 e. The lowest BCUT2D eigenvalue weighted by molar-refractivity contribution is -0.0757. The molecule has 178 valence electrons. The topological polar surface area (TPSA) is 101 Å². The fourth-order valence-corrected chi connectivity index (χ4v) is 6.05. The summed E-state index contributed by atoms with van der Waals surface area (Å²) in [6, 6.07) is 5.26. The number of amides is 1. The number of aromatic nitrogens is 3. The van der Waals surface area contributed by atoms with Gasteiger partial charge in [-0.1, -0.05) is 0 Å². The standard InChI is InChI=1S/C23H24BrN5O3S2/c1-12-18(29(23(5,6)31-12)21(30)32-22(2,3)4)20-27-15(10-33-20)17-13(9-25)7-8-14(26-17)19-28-16(24)11-34-19/h7-8,10-12,18H,1-6H3/t12-,18+/m1/s1. The molecule has 0 saturated carbocycles. The number of rotatable bonds is 3. The zero-order valence-corrected chi connectivity index (χ0v) is 22.8. The average molecular weight is 563 g/mol. The van der Waals surface area contributed by atoms with Crippen LogP contribution < -0.4 is 0 Å². The van der Waals surface area contributed by atoms with Crippen molar-refractivity contribution in [1.82, 2.24) is 19.9 Å². The summed E-state index contributed by atoms with van der Waals surface area (Å²) in [6.45, 7) is 11.1. The number of nitriles is 1. The quantitative estimate of drug-likeness (QED) is 0.364. The monoisotopic (exact) mass is 561 g/mol. The van der Waals surface area contributed by atoms with Crippen molar-refractivity contribution in [2.75, 3.05) is 0 Å². The number of hydrogen-bond donors (Lipinski definition) is 0. The van der Waals surface area contributed by atoms with Gasteiger partial charge in [0.05, 0.1) is 17.4 Å². The Bertz CT molecular complexity index is 1270. The van der Waals surface area contributed by atoms with E-state index in [2.05, 4.69) is 27.0 Å². The fraction of sp³-hybridized carbons (Fsp3) is 0.435. The molecule has 3 aromatic rings. The maximum absolute atomic E-state index is 13.1. The second-order valence-electron chi connectivity index (χ2n) is 9.32. The van der Waals surface area contributed by atoms with E-state index in [0.717, 1.165) is 9.61 Å². The summed E-state index contributed by atoms with van der Waals surface area (Å²) in [5, 5.41) is 14.8. The van der Waals surface area contributed by atoms with Crippen LogP contribution in [0, 0.1) is 11.3 Å². The Labute approximate surface area is 214 Å². The lowest BCUT2D eigenvalue weighted by Crippen LogP contribution is -2.47. The van der Waals surface area contributed by atoms with Gasteiger partial charge in [-0.3, -0.25) is 4.90 Å². The van der Waals surface area contributed by atoms with Crippen molar-refractivity contribution in [3.63, 3.8) is 0 Å². The molecule has 1 fully saturated rings. The molecule has 1 aliphatic rings. The molecule has 3 aromatic heterocycles. The molecule has 11 heteroatoms. The highest BCUT2D eigenvalue weighted by atomic mass is 79.9. The van der Waals surface area contributed by atoms with Gasteiger partial charge in [-0.05, 0) is 69.6 Å². The smallest absolute Gasteiger partial charge is 0.413 e. The summed E-state index contributed by atoms with van der Waals surface area (Å²) in [5.41, 5.74) is 0.601. The van der Waals surface area contributed by atoms with Gasteiger partial charge in [0, 0.05) is 10.8 Å². The zero-order valence-electron chi connectivity index (χ0n) is 19.6. The summed E-state index contributed by atoms with van der Waals surface area (Å²) in [6.07, 6.45) is -0.764. The molecule has 0 aliphatic carbocycles. The molecule has 1 aliphatic heterocycles. The van der Waals surface area contributed by atoms with Crippen molar-refractivity contribution in [2.24, 2.45) is 0 Å². The molecular formula is C23H24BrN5O3S2. The van der Waals surface area contributed by atoms with Gasteiger partial charge in [-0.15, -0.1) is 22.7 Å². The van der Waals surface area contributed by atoms with Gasteiger partial charge in [0.15, 0.2) is 0 Å². The molecule has 2 atom stereocenters. The van der Waals surface area contributed by atoms with Crippen LogP contribution in [0.15, 0.2) is 27.5 Å². The normalized spacial score (nSPS) is 19.8.